The summed E-state index contributed by atoms with van der Waals surface area (Å²) in [5, 5.41) is 2.77. The molecular weight excluding hydrogens is 426 g/mol. The second kappa shape index (κ2) is 8.94. The molecule has 9 heteroatoms. The zero-order valence-electron chi connectivity index (χ0n) is 17.1. The van der Waals surface area contributed by atoms with Crippen molar-refractivity contribution in [1.29, 1.82) is 0 Å². The number of pyridine rings is 1. The van der Waals surface area contributed by atoms with Gasteiger partial charge in [0.15, 0.2) is 0 Å². The summed E-state index contributed by atoms with van der Waals surface area (Å²) in [5.41, 5.74) is 3.23. The third-order valence-electron chi connectivity index (χ3n) is 4.61. The zero-order valence-corrected chi connectivity index (χ0v) is 17.9. The third kappa shape index (κ3) is 4.79. The van der Waals surface area contributed by atoms with Crippen LogP contribution in [0.25, 0.3) is 11.3 Å². The van der Waals surface area contributed by atoms with Crippen LogP contribution >= 0.6 is 0 Å². The van der Waals surface area contributed by atoms with E-state index >= 15 is 0 Å². The first-order valence-corrected chi connectivity index (χ1v) is 11.1. The fourth-order valence-corrected chi connectivity index (χ4v) is 3.98. The van der Waals surface area contributed by atoms with Crippen LogP contribution in [-0.2, 0) is 10.0 Å². The van der Waals surface area contributed by atoms with Gasteiger partial charge < -0.3 is 5.32 Å². The van der Waals surface area contributed by atoms with Crippen LogP contribution < -0.4 is 10.0 Å². The highest BCUT2D eigenvalue weighted by molar-refractivity contribution is 7.92. The van der Waals surface area contributed by atoms with E-state index in [2.05, 4.69) is 25.0 Å². The minimum Gasteiger partial charge on any atom is -0.322 e. The first-order chi connectivity index (χ1) is 15.4. The molecule has 1 amide bonds. The Balaban J connectivity index is 1.47. The number of aromatic nitrogens is 3. The van der Waals surface area contributed by atoms with Crippen molar-refractivity contribution in [2.24, 2.45) is 0 Å². The van der Waals surface area contributed by atoms with Crippen LogP contribution in [0.5, 0.6) is 0 Å². The molecule has 2 N–H and O–H groups in total. The van der Waals surface area contributed by atoms with E-state index in [1.807, 2.05) is 30.3 Å². The monoisotopic (exact) mass is 445 g/mol. The molecule has 0 unspecified atom stereocenters. The predicted molar refractivity (Wildman–Crippen MR) is 122 cm³/mol. The molecular formula is C23H19N5O3S. The number of sulfonamides is 1. The molecule has 2 aromatic carbocycles. The van der Waals surface area contributed by atoms with Gasteiger partial charge in [-0.05, 0) is 49.4 Å². The number of anilines is 2. The van der Waals surface area contributed by atoms with Crippen LogP contribution in [-0.4, -0.2) is 29.3 Å². The highest BCUT2D eigenvalue weighted by Crippen LogP contribution is 2.20. The fourth-order valence-electron chi connectivity index (χ4n) is 3.02. The summed E-state index contributed by atoms with van der Waals surface area (Å²) in [6, 6.07) is 20.6. The minimum absolute atomic E-state index is 0.0213. The molecule has 0 aliphatic heterocycles. The van der Waals surface area contributed by atoms with Crippen LogP contribution in [0, 0.1) is 6.92 Å². The van der Waals surface area contributed by atoms with Crippen molar-refractivity contribution in [3.05, 3.63) is 96.4 Å². The Morgan fingerprint density at radius 1 is 0.844 bits per heavy atom. The molecule has 0 atom stereocenters. The Kier molecular flexibility index (Phi) is 5.91. The third-order valence-corrected chi connectivity index (χ3v) is 5.96. The molecule has 0 aliphatic carbocycles. The van der Waals surface area contributed by atoms with Crippen molar-refractivity contribution in [3.63, 3.8) is 0 Å². The molecule has 160 valence electrons. The first kappa shape index (κ1) is 21.1. The summed E-state index contributed by atoms with van der Waals surface area (Å²) in [4.78, 5) is 25.0. The Morgan fingerprint density at radius 3 is 2.19 bits per heavy atom. The van der Waals surface area contributed by atoms with Gasteiger partial charge in [-0.25, -0.2) is 23.1 Å². The lowest BCUT2D eigenvalue weighted by molar-refractivity contribution is 0.102. The van der Waals surface area contributed by atoms with E-state index in [-0.39, 0.29) is 16.8 Å². The van der Waals surface area contributed by atoms with Crippen molar-refractivity contribution in [1.82, 2.24) is 15.0 Å². The van der Waals surface area contributed by atoms with Crippen LogP contribution in [0.2, 0.25) is 0 Å². The summed E-state index contributed by atoms with van der Waals surface area (Å²) in [6.07, 6.45) is 2.87. The summed E-state index contributed by atoms with van der Waals surface area (Å²) < 4.78 is 27.2. The van der Waals surface area contributed by atoms with E-state index < -0.39 is 10.0 Å². The van der Waals surface area contributed by atoms with Gasteiger partial charge >= 0.3 is 0 Å². The van der Waals surface area contributed by atoms with E-state index in [4.69, 9.17) is 0 Å². The number of hydrogen-bond donors (Lipinski definition) is 2. The number of nitrogens with one attached hydrogen (secondary N) is 2. The maximum atomic E-state index is 12.7. The molecule has 0 saturated heterocycles. The number of hydrogen-bond acceptors (Lipinski definition) is 6. The zero-order chi connectivity index (χ0) is 22.6. The number of aryl methyl sites for hydroxylation is 1. The normalized spacial score (nSPS) is 11.0. The Hall–Kier alpha value is -4.11. The lowest BCUT2D eigenvalue weighted by Gasteiger charge is -2.10. The van der Waals surface area contributed by atoms with E-state index in [0.29, 0.717) is 16.9 Å². The SMILES string of the molecule is Cc1nc(-c2ccccc2)ccc1C(=O)Nc1ccc(S(=O)(=O)Nc2ncccn2)cc1. The molecule has 0 bridgehead atoms. The first-order valence-electron chi connectivity index (χ1n) is 9.67. The topological polar surface area (TPSA) is 114 Å². The second-order valence-electron chi connectivity index (χ2n) is 6.85. The average Bonchev–Trinajstić information content (AvgIpc) is 2.80. The maximum absolute atomic E-state index is 12.7. The molecule has 4 aromatic rings. The molecule has 4 rings (SSSR count). The quantitative estimate of drug-likeness (QED) is 0.465. The largest absolute Gasteiger partial charge is 0.322 e. The Bertz CT molecular complexity index is 1340. The summed E-state index contributed by atoms with van der Waals surface area (Å²) in [5.74, 6) is -0.354. The fraction of sp³-hybridized carbons (Fsp3) is 0.0435. The standard InChI is InChI=1S/C23H19N5O3S/c1-16-20(12-13-21(26-16)17-6-3-2-4-7-17)22(29)27-18-8-10-19(11-9-18)32(30,31)28-23-24-14-5-15-25-23/h2-15H,1H3,(H,27,29)(H,24,25,28). The van der Waals surface area contributed by atoms with Crippen LogP contribution in [0.1, 0.15) is 16.1 Å². The van der Waals surface area contributed by atoms with Crippen molar-refractivity contribution in [3.8, 4) is 11.3 Å². The van der Waals surface area contributed by atoms with Gasteiger partial charge in [-0.1, -0.05) is 30.3 Å². The number of rotatable bonds is 6. The van der Waals surface area contributed by atoms with Crippen molar-refractivity contribution in [2.45, 2.75) is 11.8 Å². The van der Waals surface area contributed by atoms with Gasteiger partial charge in [-0.2, -0.15) is 0 Å². The van der Waals surface area contributed by atoms with Crippen LogP contribution in [0.15, 0.2) is 90.1 Å². The lowest BCUT2D eigenvalue weighted by atomic mass is 10.1. The number of carbonyl (C=O) groups is 1. The minimum atomic E-state index is -3.85. The molecule has 0 fully saturated rings. The molecule has 0 spiro atoms. The van der Waals surface area contributed by atoms with Gasteiger partial charge in [0, 0.05) is 23.6 Å². The van der Waals surface area contributed by atoms with Gasteiger partial charge in [0.2, 0.25) is 5.95 Å². The van der Waals surface area contributed by atoms with Gasteiger partial charge in [-0.3, -0.25) is 9.78 Å². The molecule has 32 heavy (non-hydrogen) atoms. The maximum Gasteiger partial charge on any atom is 0.264 e. The van der Waals surface area contributed by atoms with Gasteiger partial charge in [-0.15, -0.1) is 0 Å². The number of nitrogens with zero attached hydrogens (tertiary/aromatic N) is 3. The molecule has 0 radical (unpaired) electrons. The highest BCUT2D eigenvalue weighted by Gasteiger charge is 2.16. The molecule has 8 nitrogen and oxygen atoms in total. The Morgan fingerprint density at radius 2 is 1.53 bits per heavy atom. The van der Waals surface area contributed by atoms with E-state index in [1.165, 1.54) is 36.7 Å². The molecule has 0 saturated carbocycles. The second-order valence-corrected chi connectivity index (χ2v) is 8.53. The molecule has 2 heterocycles. The lowest BCUT2D eigenvalue weighted by Crippen LogP contribution is -2.16. The van der Waals surface area contributed by atoms with Crippen LogP contribution in [0.3, 0.4) is 0 Å². The van der Waals surface area contributed by atoms with Crippen molar-refractivity contribution >= 4 is 27.6 Å². The van der Waals surface area contributed by atoms with E-state index in [9.17, 15) is 13.2 Å². The van der Waals surface area contributed by atoms with E-state index in [0.717, 1.165) is 11.3 Å². The van der Waals surface area contributed by atoms with Gasteiger partial charge in [0.25, 0.3) is 15.9 Å². The van der Waals surface area contributed by atoms with Crippen molar-refractivity contribution < 1.29 is 13.2 Å². The Labute approximate surface area is 185 Å². The molecule has 0 aliphatic rings. The molecule has 2 aromatic heterocycles. The summed E-state index contributed by atoms with van der Waals surface area (Å²) in [6.45, 7) is 1.77. The highest BCUT2D eigenvalue weighted by atomic mass is 32.2. The summed E-state index contributed by atoms with van der Waals surface area (Å²) in [7, 11) is -3.85. The van der Waals surface area contributed by atoms with Crippen LogP contribution in [0.4, 0.5) is 11.6 Å². The average molecular weight is 446 g/mol. The van der Waals surface area contributed by atoms with Crippen molar-refractivity contribution in [2.75, 3.05) is 10.0 Å². The van der Waals surface area contributed by atoms with Gasteiger partial charge in [0.1, 0.15) is 0 Å². The predicted octanol–water partition coefficient (Wildman–Crippen LogP) is 3.90. The number of carbonyl (C=O) groups excluding carboxylic acids is 1. The summed E-state index contributed by atoms with van der Waals surface area (Å²) >= 11 is 0. The number of benzene rings is 2. The van der Waals surface area contributed by atoms with E-state index in [1.54, 1.807) is 25.1 Å². The number of amides is 1. The smallest absolute Gasteiger partial charge is 0.264 e. The van der Waals surface area contributed by atoms with Gasteiger partial charge in [0.05, 0.1) is 21.8 Å².